The number of carboxylic acid groups (broad SMARTS) is 1. The summed E-state index contributed by atoms with van der Waals surface area (Å²) in [5, 5.41) is 8.29. The van der Waals surface area contributed by atoms with Gasteiger partial charge in [0.2, 0.25) is 0 Å². The first-order valence-electron chi connectivity index (χ1n) is 3.25. The molecule has 1 N–H and O–H groups in total. The average Bonchev–Trinajstić information content (AvgIpc) is 2.03. The van der Waals surface area contributed by atoms with E-state index in [1.54, 1.807) is 6.08 Å². The van der Waals surface area contributed by atoms with E-state index in [-0.39, 0.29) is 25.8 Å². The molecule has 3 radical (unpaired) electrons. The van der Waals surface area contributed by atoms with Crippen molar-refractivity contribution in [1.29, 1.82) is 0 Å². The second-order valence-corrected chi connectivity index (χ2v) is 2.08. The Morgan fingerprint density at radius 3 is 2.33 bits per heavy atom. The van der Waals surface area contributed by atoms with E-state index in [4.69, 9.17) is 5.11 Å². The Morgan fingerprint density at radius 1 is 1.25 bits per heavy atom. The van der Waals surface area contributed by atoms with Gasteiger partial charge in [0.15, 0.2) is 0 Å². The van der Waals surface area contributed by atoms with Crippen LogP contribution in [-0.2, 0) is 4.79 Å². The topological polar surface area (TPSA) is 37.3 Å². The molecule has 1 aromatic carbocycles. The van der Waals surface area contributed by atoms with Gasteiger partial charge in [-0.15, -0.1) is 0 Å². The van der Waals surface area contributed by atoms with Gasteiger partial charge in [-0.1, -0.05) is 30.3 Å². The third-order valence-corrected chi connectivity index (χ3v) is 1.22. The molecule has 0 aliphatic rings. The first kappa shape index (κ1) is 11.3. The Bertz CT molecular complexity index is 267. The van der Waals surface area contributed by atoms with Crippen molar-refractivity contribution in [3.63, 3.8) is 0 Å². The minimum absolute atomic E-state index is 0. The molecule has 0 spiro atoms. The van der Waals surface area contributed by atoms with Gasteiger partial charge in [-0.05, 0) is 11.6 Å². The monoisotopic (exact) mass is 263 g/mol. The van der Waals surface area contributed by atoms with Crippen LogP contribution in [0.5, 0.6) is 0 Å². The van der Waals surface area contributed by atoms with Crippen molar-refractivity contribution in [2.45, 2.75) is 0 Å². The third-order valence-electron chi connectivity index (χ3n) is 1.22. The first-order chi connectivity index (χ1) is 5.29. The molecule has 0 aliphatic carbocycles. The summed E-state index contributed by atoms with van der Waals surface area (Å²) in [6, 6.07) is 9.31. The van der Waals surface area contributed by atoms with Gasteiger partial charge in [0, 0.05) is 31.9 Å². The summed E-state index contributed by atoms with van der Waals surface area (Å²) in [7, 11) is 0. The van der Waals surface area contributed by atoms with Gasteiger partial charge in [0.1, 0.15) is 0 Å². The minimum atomic E-state index is -0.922. The molecule has 3 heteroatoms. The van der Waals surface area contributed by atoms with E-state index in [0.29, 0.717) is 0 Å². The van der Waals surface area contributed by atoms with E-state index in [0.717, 1.165) is 11.6 Å². The predicted molar refractivity (Wildman–Crippen MR) is 48.9 cm³/mol. The summed E-state index contributed by atoms with van der Waals surface area (Å²) in [4.78, 5) is 10.1. The van der Waals surface area contributed by atoms with Gasteiger partial charge >= 0.3 is 5.97 Å². The van der Waals surface area contributed by atoms with E-state index in [1.165, 1.54) is 0 Å². The second kappa shape index (κ2) is 5.89. The maximum Gasteiger partial charge on any atom is 0.328 e. The number of carbonyl (C=O) groups is 1. The van der Waals surface area contributed by atoms with Crippen LogP contribution < -0.4 is 0 Å². The molecule has 0 amide bonds. The molecule has 1 aromatic rings. The Kier molecular flexibility index (Phi) is 5.55. The van der Waals surface area contributed by atoms with Crippen LogP contribution in [0, 0.1) is 0 Å². The van der Waals surface area contributed by atoms with Gasteiger partial charge in [-0.2, -0.15) is 0 Å². The number of aliphatic carboxylic acids is 1. The van der Waals surface area contributed by atoms with E-state index in [9.17, 15) is 4.79 Å². The van der Waals surface area contributed by atoms with Crippen LogP contribution >= 0.6 is 0 Å². The van der Waals surface area contributed by atoms with Crippen molar-refractivity contribution >= 4 is 37.9 Å². The number of hydrogen-bond acceptors (Lipinski definition) is 1. The summed E-state index contributed by atoms with van der Waals surface area (Å²) >= 11 is 0. The molecule has 0 aromatic heterocycles. The summed E-state index contributed by atoms with van der Waals surface area (Å²) in [5.74, 6) is -0.922. The normalized spacial score (nSPS) is 9.33. The minimum Gasteiger partial charge on any atom is -0.478 e. The molecule has 0 fully saturated rings. The fourth-order valence-electron chi connectivity index (χ4n) is 0.732. The van der Waals surface area contributed by atoms with Crippen LogP contribution in [-0.4, -0.2) is 36.9 Å². The summed E-state index contributed by atoms with van der Waals surface area (Å²) in [5.41, 5.74) is 0.898. The maximum absolute atomic E-state index is 10.1. The fourth-order valence-corrected chi connectivity index (χ4v) is 0.732. The van der Waals surface area contributed by atoms with E-state index >= 15 is 0 Å². The van der Waals surface area contributed by atoms with Crippen LogP contribution in [0.2, 0.25) is 0 Å². The van der Waals surface area contributed by atoms with Gasteiger partial charge < -0.3 is 5.11 Å². The third kappa shape index (κ3) is 4.23. The zero-order valence-corrected chi connectivity index (χ0v) is 9.77. The standard InChI is InChI=1S/C9H8O2.In/c10-9(11)7-6-8-4-2-1-3-5-8;/h1-7H,(H,10,11);. The fraction of sp³-hybridized carbons (Fsp3) is 0. The summed E-state index contributed by atoms with van der Waals surface area (Å²) in [6.45, 7) is 0. The van der Waals surface area contributed by atoms with Crippen LogP contribution in [0.25, 0.3) is 6.08 Å². The SMILES string of the molecule is O=C(O)C=Cc1ccccc1.[In]. The van der Waals surface area contributed by atoms with Gasteiger partial charge in [-0.3, -0.25) is 0 Å². The van der Waals surface area contributed by atoms with Crippen molar-refractivity contribution in [2.24, 2.45) is 0 Å². The predicted octanol–water partition coefficient (Wildman–Crippen LogP) is 1.40. The molecule has 12 heavy (non-hydrogen) atoms. The number of rotatable bonds is 2. The molecule has 0 bridgehead atoms. The van der Waals surface area contributed by atoms with Gasteiger partial charge in [-0.25, -0.2) is 4.79 Å². The molecule has 0 atom stereocenters. The number of hydrogen-bond donors (Lipinski definition) is 1. The van der Waals surface area contributed by atoms with E-state index in [1.807, 2.05) is 30.3 Å². The Hall–Kier alpha value is -0.700. The maximum atomic E-state index is 10.1. The smallest absolute Gasteiger partial charge is 0.328 e. The molecule has 0 unspecified atom stereocenters. The Morgan fingerprint density at radius 2 is 1.83 bits per heavy atom. The largest absolute Gasteiger partial charge is 0.478 e. The van der Waals surface area contributed by atoms with Crippen LogP contribution in [0.1, 0.15) is 5.56 Å². The van der Waals surface area contributed by atoms with Crippen LogP contribution in [0.15, 0.2) is 36.4 Å². The molecule has 2 nitrogen and oxygen atoms in total. The van der Waals surface area contributed by atoms with Crippen molar-refractivity contribution in [3.8, 4) is 0 Å². The molecule has 59 valence electrons. The van der Waals surface area contributed by atoms with E-state index in [2.05, 4.69) is 0 Å². The second-order valence-electron chi connectivity index (χ2n) is 2.08. The molecule has 0 aliphatic heterocycles. The van der Waals surface area contributed by atoms with Gasteiger partial charge in [0.05, 0.1) is 0 Å². The quantitative estimate of drug-likeness (QED) is 0.819. The molecular weight excluding hydrogens is 255 g/mol. The number of benzene rings is 1. The Balaban J connectivity index is 0.00000121. The Labute approximate surface area is 89.7 Å². The zero-order valence-electron chi connectivity index (χ0n) is 6.47. The molecule has 0 heterocycles. The first-order valence-corrected chi connectivity index (χ1v) is 3.25. The summed E-state index contributed by atoms with van der Waals surface area (Å²) in [6.07, 6.45) is 2.68. The van der Waals surface area contributed by atoms with E-state index < -0.39 is 5.97 Å². The zero-order chi connectivity index (χ0) is 8.10. The average molecular weight is 263 g/mol. The van der Waals surface area contributed by atoms with Gasteiger partial charge in [0.25, 0.3) is 0 Å². The molecular formula is C9H8InO2. The van der Waals surface area contributed by atoms with Crippen molar-refractivity contribution in [2.75, 3.05) is 0 Å². The summed E-state index contributed by atoms with van der Waals surface area (Å²) < 4.78 is 0. The number of carboxylic acids is 1. The van der Waals surface area contributed by atoms with Crippen molar-refractivity contribution in [3.05, 3.63) is 42.0 Å². The van der Waals surface area contributed by atoms with Crippen molar-refractivity contribution < 1.29 is 9.90 Å². The van der Waals surface area contributed by atoms with Crippen molar-refractivity contribution in [1.82, 2.24) is 0 Å². The van der Waals surface area contributed by atoms with Crippen LogP contribution in [0.4, 0.5) is 0 Å². The molecule has 0 saturated heterocycles. The van der Waals surface area contributed by atoms with Crippen LogP contribution in [0.3, 0.4) is 0 Å². The molecule has 0 saturated carbocycles. The molecule has 1 rings (SSSR count).